The largest absolute Gasteiger partial charge is 0.323 e. The summed E-state index contributed by atoms with van der Waals surface area (Å²) in [7, 11) is 0. The molecule has 0 saturated carbocycles. The van der Waals surface area contributed by atoms with Crippen LogP contribution < -0.4 is 5.73 Å². The number of hydrogen-bond donors (Lipinski definition) is 1. The zero-order valence-corrected chi connectivity index (χ0v) is 12.1. The molecule has 2 N–H and O–H groups in total. The quantitative estimate of drug-likeness (QED) is 0.826. The van der Waals surface area contributed by atoms with Crippen LogP contribution >= 0.6 is 11.3 Å². The summed E-state index contributed by atoms with van der Waals surface area (Å²) in [6, 6.07) is 13.2. The zero-order valence-electron chi connectivity index (χ0n) is 11.3. The highest BCUT2D eigenvalue weighted by molar-refractivity contribution is 7.15. The molecule has 1 heterocycles. The average Bonchev–Trinajstić information content (AvgIpc) is 2.87. The van der Waals surface area contributed by atoms with Gasteiger partial charge in [0, 0.05) is 15.8 Å². The minimum atomic E-state index is 0.176. The lowest BCUT2D eigenvalue weighted by atomic mass is 9.96. The number of hydrogen-bond acceptors (Lipinski definition) is 2. The molecule has 1 nitrogen and oxygen atoms in total. The molecule has 0 saturated heterocycles. The fourth-order valence-corrected chi connectivity index (χ4v) is 3.26. The third-order valence-electron chi connectivity index (χ3n) is 3.28. The zero-order chi connectivity index (χ0) is 13.1. The molecule has 0 aliphatic carbocycles. The molecule has 1 aromatic heterocycles. The van der Waals surface area contributed by atoms with Crippen LogP contribution in [0.1, 0.15) is 49.6 Å². The van der Waals surface area contributed by atoms with Crippen molar-refractivity contribution in [3.8, 4) is 10.4 Å². The van der Waals surface area contributed by atoms with Crippen molar-refractivity contribution >= 4 is 11.3 Å². The van der Waals surface area contributed by atoms with Crippen molar-refractivity contribution in [3.63, 3.8) is 0 Å². The van der Waals surface area contributed by atoms with Crippen molar-refractivity contribution in [1.29, 1.82) is 0 Å². The summed E-state index contributed by atoms with van der Waals surface area (Å²) < 4.78 is 0. The van der Waals surface area contributed by atoms with E-state index < -0.39 is 0 Å². The van der Waals surface area contributed by atoms with E-state index in [2.05, 4.69) is 57.2 Å². The van der Waals surface area contributed by atoms with Gasteiger partial charge in [0.15, 0.2) is 0 Å². The van der Waals surface area contributed by atoms with Crippen LogP contribution in [-0.4, -0.2) is 0 Å². The van der Waals surface area contributed by atoms with Crippen LogP contribution in [0.5, 0.6) is 0 Å². The first-order chi connectivity index (χ1) is 8.63. The predicted molar refractivity (Wildman–Crippen MR) is 81.1 cm³/mol. The normalized spacial score (nSPS) is 12.9. The molecule has 0 aliphatic heterocycles. The molecule has 0 fully saturated rings. The number of nitrogens with two attached hydrogens (primary N) is 1. The maximum atomic E-state index is 6.09. The number of rotatable bonds is 4. The second-order valence-electron chi connectivity index (χ2n) is 4.96. The van der Waals surface area contributed by atoms with Gasteiger partial charge >= 0.3 is 0 Å². The van der Waals surface area contributed by atoms with Gasteiger partial charge in [0.05, 0.1) is 0 Å². The lowest BCUT2D eigenvalue weighted by molar-refractivity contribution is 0.712. The summed E-state index contributed by atoms with van der Waals surface area (Å²) in [5.74, 6) is 0.548. The monoisotopic (exact) mass is 259 g/mol. The predicted octanol–water partition coefficient (Wildman–Crippen LogP) is 4.95. The van der Waals surface area contributed by atoms with Gasteiger partial charge in [0.25, 0.3) is 0 Å². The molecule has 96 valence electrons. The highest BCUT2D eigenvalue weighted by Gasteiger charge is 2.12. The van der Waals surface area contributed by atoms with Gasteiger partial charge in [0.1, 0.15) is 0 Å². The fraction of sp³-hybridized carbons (Fsp3) is 0.375. The molecule has 2 rings (SSSR count). The maximum absolute atomic E-state index is 6.09. The maximum Gasteiger partial charge on any atom is 0.0387 e. The van der Waals surface area contributed by atoms with E-state index in [0.29, 0.717) is 5.92 Å². The molecule has 1 aromatic carbocycles. The Morgan fingerprint density at radius 3 is 2.50 bits per heavy atom. The molecule has 0 bridgehead atoms. The van der Waals surface area contributed by atoms with E-state index in [0.717, 1.165) is 6.42 Å². The topological polar surface area (TPSA) is 26.0 Å². The second kappa shape index (κ2) is 5.68. The summed E-state index contributed by atoms with van der Waals surface area (Å²) in [4.78, 5) is 2.62. The minimum Gasteiger partial charge on any atom is -0.323 e. The van der Waals surface area contributed by atoms with E-state index in [1.54, 1.807) is 0 Å². The van der Waals surface area contributed by atoms with E-state index >= 15 is 0 Å². The van der Waals surface area contributed by atoms with Crippen LogP contribution in [0.3, 0.4) is 0 Å². The highest BCUT2D eigenvalue weighted by Crippen LogP contribution is 2.35. The summed E-state index contributed by atoms with van der Waals surface area (Å²) in [6.45, 7) is 6.61. The minimum absolute atomic E-state index is 0.176. The highest BCUT2D eigenvalue weighted by atomic mass is 32.1. The summed E-state index contributed by atoms with van der Waals surface area (Å²) in [5.41, 5.74) is 8.86. The second-order valence-corrected chi connectivity index (χ2v) is 6.07. The Kier molecular flexibility index (Phi) is 4.20. The molecule has 2 heteroatoms. The van der Waals surface area contributed by atoms with Gasteiger partial charge in [-0.15, -0.1) is 11.3 Å². The van der Waals surface area contributed by atoms with Crippen molar-refractivity contribution < 1.29 is 0 Å². The first-order valence-electron chi connectivity index (χ1n) is 6.58. The Morgan fingerprint density at radius 1 is 1.11 bits per heavy atom. The summed E-state index contributed by atoms with van der Waals surface area (Å²) >= 11 is 1.83. The van der Waals surface area contributed by atoms with Crippen molar-refractivity contribution in [1.82, 2.24) is 0 Å². The van der Waals surface area contributed by atoms with Gasteiger partial charge in [0.2, 0.25) is 0 Å². The lowest BCUT2D eigenvalue weighted by Crippen LogP contribution is -2.05. The molecular formula is C16H21NS. The third kappa shape index (κ3) is 2.65. The lowest BCUT2D eigenvalue weighted by Gasteiger charge is -2.11. The van der Waals surface area contributed by atoms with Gasteiger partial charge in [-0.25, -0.2) is 0 Å². The Hall–Kier alpha value is -1.12. The van der Waals surface area contributed by atoms with E-state index in [4.69, 9.17) is 5.73 Å². The number of thiophene rings is 1. The first kappa shape index (κ1) is 13.3. The van der Waals surface area contributed by atoms with Crippen molar-refractivity contribution in [2.45, 2.75) is 39.2 Å². The van der Waals surface area contributed by atoms with Crippen LogP contribution in [0.4, 0.5) is 0 Å². The molecule has 1 atom stereocenters. The molecule has 1 unspecified atom stereocenters. The van der Waals surface area contributed by atoms with Crippen LogP contribution in [-0.2, 0) is 0 Å². The molecule has 0 radical (unpaired) electrons. The summed E-state index contributed by atoms with van der Waals surface area (Å²) in [6.07, 6.45) is 0.992. The van der Waals surface area contributed by atoms with Gasteiger partial charge in [-0.3, -0.25) is 0 Å². The van der Waals surface area contributed by atoms with Crippen LogP contribution in [0.25, 0.3) is 10.4 Å². The SMILES string of the molecule is CCC(N)c1ccc(-c2ccccc2C(C)C)s1. The van der Waals surface area contributed by atoms with Crippen LogP contribution in [0.2, 0.25) is 0 Å². The number of benzene rings is 1. The molecule has 0 spiro atoms. The fourth-order valence-electron chi connectivity index (χ4n) is 2.12. The molecule has 2 aromatic rings. The summed E-state index contributed by atoms with van der Waals surface area (Å²) in [5, 5.41) is 0. The Balaban J connectivity index is 2.40. The van der Waals surface area contributed by atoms with Crippen molar-refractivity contribution in [3.05, 3.63) is 46.8 Å². The standard InChI is InChI=1S/C16H21NS/c1-4-14(17)16-10-9-15(18-16)13-8-6-5-7-12(13)11(2)3/h5-11,14H,4,17H2,1-3H3. The van der Waals surface area contributed by atoms with Gasteiger partial charge < -0.3 is 5.73 Å². The first-order valence-corrected chi connectivity index (χ1v) is 7.39. The van der Waals surface area contributed by atoms with Gasteiger partial charge in [-0.05, 0) is 35.6 Å². The smallest absolute Gasteiger partial charge is 0.0387 e. The van der Waals surface area contributed by atoms with Crippen LogP contribution in [0, 0.1) is 0 Å². The molecular weight excluding hydrogens is 238 g/mol. The molecule has 18 heavy (non-hydrogen) atoms. The third-order valence-corrected chi connectivity index (χ3v) is 4.53. The Morgan fingerprint density at radius 2 is 1.83 bits per heavy atom. The van der Waals surface area contributed by atoms with E-state index in [1.165, 1.54) is 20.9 Å². The Bertz CT molecular complexity index is 513. The van der Waals surface area contributed by atoms with E-state index in [9.17, 15) is 0 Å². The Labute approximate surface area is 114 Å². The van der Waals surface area contributed by atoms with Crippen LogP contribution in [0.15, 0.2) is 36.4 Å². The molecule has 0 amide bonds. The molecule has 0 aliphatic rings. The van der Waals surface area contributed by atoms with E-state index in [1.807, 2.05) is 11.3 Å². The van der Waals surface area contributed by atoms with Crippen molar-refractivity contribution in [2.24, 2.45) is 5.73 Å². The van der Waals surface area contributed by atoms with Gasteiger partial charge in [-0.2, -0.15) is 0 Å². The average molecular weight is 259 g/mol. The van der Waals surface area contributed by atoms with Gasteiger partial charge in [-0.1, -0.05) is 45.0 Å². The van der Waals surface area contributed by atoms with Crippen molar-refractivity contribution in [2.75, 3.05) is 0 Å². The van der Waals surface area contributed by atoms with E-state index in [-0.39, 0.29) is 6.04 Å².